The first-order valence-electron chi connectivity index (χ1n) is 9.60. The molecular formula is C22H22N4O5S. The summed E-state index contributed by atoms with van der Waals surface area (Å²) in [5, 5.41) is 15.4. The number of nitrogens with zero attached hydrogens (tertiary/aromatic N) is 2. The zero-order valence-corrected chi connectivity index (χ0v) is 18.2. The highest BCUT2D eigenvalue weighted by atomic mass is 32.2. The van der Waals surface area contributed by atoms with Gasteiger partial charge in [0.1, 0.15) is 10.6 Å². The maximum atomic E-state index is 13.1. The third-order valence-corrected chi connectivity index (χ3v) is 6.03. The van der Waals surface area contributed by atoms with E-state index in [1.807, 2.05) is 37.3 Å². The minimum absolute atomic E-state index is 0.0338. The Kier molecular flexibility index (Phi) is 7.06. The average molecular weight is 455 g/mol. The molecule has 0 amide bonds. The number of nitrogens with one attached hydrogen (secondary N) is 2. The fourth-order valence-corrected chi connectivity index (χ4v) is 4.18. The van der Waals surface area contributed by atoms with Gasteiger partial charge in [-0.15, -0.1) is 0 Å². The molecule has 0 radical (unpaired) electrons. The second-order valence-electron chi connectivity index (χ2n) is 6.83. The Balaban J connectivity index is 1.92. The van der Waals surface area contributed by atoms with Crippen molar-refractivity contribution in [1.29, 1.82) is 0 Å². The normalized spacial score (nSPS) is 12.3. The van der Waals surface area contributed by atoms with Gasteiger partial charge < -0.3 is 4.74 Å². The molecule has 10 heteroatoms. The van der Waals surface area contributed by atoms with E-state index in [4.69, 9.17) is 4.74 Å². The van der Waals surface area contributed by atoms with Crippen molar-refractivity contribution in [2.75, 3.05) is 17.3 Å². The fourth-order valence-electron chi connectivity index (χ4n) is 2.93. The standard InChI is InChI=1S/C22H22N4O5S/c1-16(17-8-4-3-5-9-17)15-23-24-20-13-12-18(26(27)28)14-22(20)32(29,30)25-19-10-6-7-11-21(19)31-2/h3-16,24-25H,1-2H3/b23-15+. The molecule has 3 aromatic carbocycles. The highest BCUT2D eigenvalue weighted by Crippen LogP contribution is 2.31. The van der Waals surface area contributed by atoms with Crippen LogP contribution in [0, 0.1) is 10.1 Å². The molecule has 0 aliphatic heterocycles. The second kappa shape index (κ2) is 9.92. The van der Waals surface area contributed by atoms with Crippen molar-refractivity contribution in [2.24, 2.45) is 5.10 Å². The molecule has 0 fully saturated rings. The first kappa shape index (κ1) is 22.8. The topological polar surface area (TPSA) is 123 Å². The van der Waals surface area contributed by atoms with Crippen LogP contribution in [0.2, 0.25) is 0 Å². The summed E-state index contributed by atoms with van der Waals surface area (Å²) in [7, 11) is -2.79. The summed E-state index contributed by atoms with van der Waals surface area (Å²) >= 11 is 0. The van der Waals surface area contributed by atoms with Crippen molar-refractivity contribution in [1.82, 2.24) is 0 Å². The molecule has 166 valence electrons. The molecule has 3 aromatic rings. The van der Waals surface area contributed by atoms with Crippen LogP contribution in [-0.4, -0.2) is 26.7 Å². The van der Waals surface area contributed by atoms with Crippen LogP contribution in [0.5, 0.6) is 5.75 Å². The number of para-hydroxylation sites is 2. The van der Waals surface area contributed by atoms with Crippen molar-refractivity contribution in [3.8, 4) is 5.75 Å². The maximum absolute atomic E-state index is 13.1. The Hall–Kier alpha value is -3.92. The van der Waals surface area contributed by atoms with Crippen molar-refractivity contribution >= 4 is 33.3 Å². The van der Waals surface area contributed by atoms with E-state index in [0.717, 1.165) is 11.6 Å². The summed E-state index contributed by atoms with van der Waals surface area (Å²) in [6.07, 6.45) is 1.63. The van der Waals surface area contributed by atoms with Crippen LogP contribution in [0.4, 0.5) is 17.1 Å². The lowest BCUT2D eigenvalue weighted by Gasteiger charge is -2.14. The molecule has 0 heterocycles. The van der Waals surface area contributed by atoms with Gasteiger partial charge in [0.25, 0.3) is 15.7 Å². The molecule has 0 bridgehead atoms. The van der Waals surface area contributed by atoms with Crippen molar-refractivity contribution in [3.63, 3.8) is 0 Å². The third kappa shape index (κ3) is 5.41. The molecule has 32 heavy (non-hydrogen) atoms. The van der Waals surface area contributed by atoms with Crippen molar-refractivity contribution in [2.45, 2.75) is 17.7 Å². The number of ether oxygens (including phenoxy) is 1. The van der Waals surface area contributed by atoms with E-state index in [0.29, 0.717) is 5.75 Å². The van der Waals surface area contributed by atoms with E-state index in [2.05, 4.69) is 15.2 Å². The van der Waals surface area contributed by atoms with Gasteiger partial charge in [-0.05, 0) is 23.8 Å². The Morgan fingerprint density at radius 2 is 1.72 bits per heavy atom. The molecule has 1 unspecified atom stereocenters. The first-order chi connectivity index (χ1) is 15.3. The summed E-state index contributed by atoms with van der Waals surface area (Å²) < 4.78 is 33.8. The Labute approximate surface area is 185 Å². The lowest BCUT2D eigenvalue weighted by atomic mass is 10.0. The summed E-state index contributed by atoms with van der Waals surface area (Å²) in [5.74, 6) is 0.277. The zero-order chi connectivity index (χ0) is 23.1. The van der Waals surface area contributed by atoms with Gasteiger partial charge in [-0.1, -0.05) is 49.4 Å². The molecule has 0 aromatic heterocycles. The van der Waals surface area contributed by atoms with E-state index in [1.165, 1.54) is 25.3 Å². The number of methoxy groups -OCH3 is 1. The minimum Gasteiger partial charge on any atom is -0.495 e. The average Bonchev–Trinajstić information content (AvgIpc) is 2.79. The van der Waals surface area contributed by atoms with Gasteiger partial charge in [-0.25, -0.2) is 8.42 Å². The van der Waals surface area contributed by atoms with Crippen LogP contribution in [0.15, 0.2) is 82.8 Å². The zero-order valence-electron chi connectivity index (χ0n) is 17.4. The first-order valence-corrected chi connectivity index (χ1v) is 11.1. The van der Waals surface area contributed by atoms with E-state index in [-0.39, 0.29) is 27.9 Å². The Morgan fingerprint density at radius 1 is 1.03 bits per heavy atom. The van der Waals surface area contributed by atoms with Gasteiger partial charge in [0.05, 0.1) is 23.4 Å². The van der Waals surface area contributed by atoms with Crippen LogP contribution in [0.25, 0.3) is 0 Å². The highest BCUT2D eigenvalue weighted by molar-refractivity contribution is 7.93. The predicted molar refractivity (Wildman–Crippen MR) is 124 cm³/mol. The summed E-state index contributed by atoms with van der Waals surface area (Å²) in [4.78, 5) is 10.3. The van der Waals surface area contributed by atoms with E-state index in [1.54, 1.807) is 24.4 Å². The van der Waals surface area contributed by atoms with Crippen LogP contribution in [-0.2, 0) is 10.0 Å². The van der Waals surface area contributed by atoms with Crippen LogP contribution in [0.1, 0.15) is 18.4 Å². The van der Waals surface area contributed by atoms with Crippen molar-refractivity contribution in [3.05, 3.63) is 88.5 Å². The monoisotopic (exact) mass is 454 g/mol. The van der Waals surface area contributed by atoms with Crippen LogP contribution < -0.4 is 14.9 Å². The van der Waals surface area contributed by atoms with Crippen molar-refractivity contribution < 1.29 is 18.1 Å². The molecule has 2 N–H and O–H groups in total. The highest BCUT2D eigenvalue weighted by Gasteiger charge is 2.23. The number of hydrogen-bond donors (Lipinski definition) is 2. The fraction of sp³-hybridized carbons (Fsp3) is 0.136. The number of hydrazone groups is 1. The number of hydrogen-bond acceptors (Lipinski definition) is 7. The number of sulfonamides is 1. The van der Waals surface area contributed by atoms with Gasteiger partial charge in [-0.2, -0.15) is 5.10 Å². The van der Waals surface area contributed by atoms with Crippen LogP contribution >= 0.6 is 0 Å². The molecule has 0 saturated heterocycles. The summed E-state index contributed by atoms with van der Waals surface area (Å²) in [5.41, 5.74) is 3.66. The third-order valence-electron chi connectivity index (χ3n) is 4.63. The lowest BCUT2D eigenvalue weighted by molar-refractivity contribution is -0.385. The molecular weight excluding hydrogens is 432 g/mol. The number of nitro benzene ring substituents is 1. The second-order valence-corrected chi connectivity index (χ2v) is 8.48. The number of benzene rings is 3. The predicted octanol–water partition coefficient (Wildman–Crippen LogP) is 4.61. The van der Waals surface area contributed by atoms with Gasteiger partial charge >= 0.3 is 0 Å². The lowest BCUT2D eigenvalue weighted by Crippen LogP contribution is -2.15. The number of anilines is 2. The molecule has 0 spiro atoms. The molecule has 0 aliphatic rings. The van der Waals surface area contributed by atoms with E-state index in [9.17, 15) is 18.5 Å². The summed E-state index contributed by atoms with van der Waals surface area (Å²) in [6.45, 7) is 1.94. The SMILES string of the molecule is COc1ccccc1NS(=O)(=O)c1cc([N+](=O)[O-])ccc1N/N=C/C(C)c1ccccc1. The maximum Gasteiger partial charge on any atom is 0.270 e. The Bertz CT molecular complexity index is 1230. The summed E-state index contributed by atoms with van der Waals surface area (Å²) in [6, 6.07) is 19.6. The smallest absolute Gasteiger partial charge is 0.270 e. The molecule has 0 aliphatic carbocycles. The molecule has 1 atom stereocenters. The molecule has 0 saturated carbocycles. The van der Waals surface area contributed by atoms with Gasteiger partial charge in [0, 0.05) is 24.3 Å². The number of rotatable bonds is 9. The Morgan fingerprint density at radius 3 is 2.41 bits per heavy atom. The molecule has 3 rings (SSSR count). The van der Waals surface area contributed by atoms with Gasteiger partial charge in [-0.3, -0.25) is 20.3 Å². The van der Waals surface area contributed by atoms with E-state index >= 15 is 0 Å². The minimum atomic E-state index is -4.21. The van der Waals surface area contributed by atoms with Gasteiger partial charge in [0.15, 0.2) is 0 Å². The largest absolute Gasteiger partial charge is 0.495 e. The number of nitro groups is 1. The van der Waals surface area contributed by atoms with Gasteiger partial charge in [0.2, 0.25) is 0 Å². The number of non-ortho nitro benzene ring substituents is 1. The molecule has 9 nitrogen and oxygen atoms in total. The van der Waals surface area contributed by atoms with Crippen LogP contribution in [0.3, 0.4) is 0 Å². The quantitative estimate of drug-likeness (QED) is 0.277. The van der Waals surface area contributed by atoms with E-state index < -0.39 is 14.9 Å².